The fourth-order valence-corrected chi connectivity index (χ4v) is 2.08. The summed E-state index contributed by atoms with van der Waals surface area (Å²) in [5, 5.41) is 13.4. The largest absolute Gasteiger partial charge is 0.507 e. The van der Waals surface area contributed by atoms with Crippen LogP contribution in [0.5, 0.6) is 5.75 Å². The smallest absolute Gasteiger partial charge is 0.123 e. The van der Waals surface area contributed by atoms with Crippen molar-refractivity contribution in [1.29, 1.82) is 0 Å². The number of piperidine rings is 1. The van der Waals surface area contributed by atoms with Crippen LogP contribution in [0.2, 0.25) is 0 Å². The number of hydrogen-bond donors (Lipinski definition) is 2. The van der Waals surface area contributed by atoms with E-state index in [1.807, 2.05) is 25.1 Å². The first-order valence-electron chi connectivity index (χ1n) is 5.31. The highest BCUT2D eigenvalue weighted by Crippen LogP contribution is 2.31. The lowest BCUT2D eigenvalue weighted by molar-refractivity contribution is 0.389. The topological polar surface area (TPSA) is 32.3 Å². The highest BCUT2D eigenvalue weighted by Gasteiger charge is 2.17. The van der Waals surface area contributed by atoms with Gasteiger partial charge in [0.25, 0.3) is 0 Å². The molecule has 1 saturated heterocycles. The minimum absolute atomic E-state index is 0. The van der Waals surface area contributed by atoms with E-state index in [1.165, 1.54) is 12.8 Å². The third kappa shape index (κ3) is 2.64. The van der Waals surface area contributed by atoms with Crippen LogP contribution in [0.1, 0.15) is 36.4 Å². The molecule has 15 heavy (non-hydrogen) atoms. The van der Waals surface area contributed by atoms with Gasteiger partial charge in [-0.3, -0.25) is 0 Å². The third-order valence-electron chi connectivity index (χ3n) is 2.95. The molecular weight excluding hydrogens is 210 g/mol. The summed E-state index contributed by atoms with van der Waals surface area (Å²) < 4.78 is 0. The lowest BCUT2D eigenvalue weighted by Gasteiger charge is -2.24. The minimum atomic E-state index is 0. The highest BCUT2D eigenvalue weighted by molar-refractivity contribution is 5.85. The van der Waals surface area contributed by atoms with Crippen molar-refractivity contribution in [2.24, 2.45) is 0 Å². The molecule has 1 aromatic carbocycles. The van der Waals surface area contributed by atoms with E-state index in [4.69, 9.17) is 0 Å². The molecule has 2 nitrogen and oxygen atoms in total. The number of aryl methyl sites for hydroxylation is 1. The van der Waals surface area contributed by atoms with Crippen LogP contribution in [-0.4, -0.2) is 11.7 Å². The summed E-state index contributed by atoms with van der Waals surface area (Å²) in [4.78, 5) is 0. The quantitative estimate of drug-likeness (QED) is 0.773. The summed E-state index contributed by atoms with van der Waals surface area (Å²) in [7, 11) is 0. The number of benzene rings is 1. The summed E-state index contributed by atoms with van der Waals surface area (Å²) in [6, 6.07) is 6.33. The molecular formula is C12H18ClNO. The van der Waals surface area contributed by atoms with Crippen molar-refractivity contribution in [2.75, 3.05) is 6.54 Å². The number of nitrogens with one attached hydrogen (secondary N) is 1. The molecule has 1 atom stereocenters. The first kappa shape index (κ1) is 12.3. The second-order valence-electron chi connectivity index (χ2n) is 4.02. The third-order valence-corrected chi connectivity index (χ3v) is 2.95. The molecule has 0 unspecified atom stereocenters. The van der Waals surface area contributed by atoms with E-state index in [9.17, 15) is 5.11 Å². The Morgan fingerprint density at radius 1 is 1.33 bits per heavy atom. The lowest BCUT2D eigenvalue weighted by Crippen LogP contribution is -2.26. The Morgan fingerprint density at radius 3 is 2.80 bits per heavy atom. The Kier molecular flexibility index (Phi) is 4.43. The normalized spacial score (nSPS) is 20.7. The lowest BCUT2D eigenvalue weighted by atomic mass is 9.95. The van der Waals surface area contributed by atoms with E-state index in [0.29, 0.717) is 11.8 Å². The van der Waals surface area contributed by atoms with Crippen LogP contribution < -0.4 is 5.32 Å². The zero-order valence-electron chi connectivity index (χ0n) is 8.99. The molecule has 84 valence electrons. The van der Waals surface area contributed by atoms with E-state index >= 15 is 0 Å². The number of aromatic hydroxyl groups is 1. The molecule has 3 heteroatoms. The average Bonchev–Trinajstić information content (AvgIpc) is 2.23. The van der Waals surface area contributed by atoms with Crippen LogP contribution in [0.15, 0.2) is 18.2 Å². The summed E-state index contributed by atoms with van der Waals surface area (Å²) >= 11 is 0. The molecule has 0 spiro atoms. The van der Waals surface area contributed by atoms with Crippen molar-refractivity contribution in [3.63, 3.8) is 0 Å². The van der Waals surface area contributed by atoms with Gasteiger partial charge in [-0.05, 0) is 31.9 Å². The highest BCUT2D eigenvalue weighted by atomic mass is 35.5. The summed E-state index contributed by atoms with van der Waals surface area (Å²) in [6.45, 7) is 3.01. The molecule has 0 saturated carbocycles. The number of phenolic OH excluding ortho intramolecular Hbond substituents is 1. The number of phenols is 1. The Hall–Kier alpha value is -0.730. The molecule has 1 aromatic rings. The summed E-state index contributed by atoms with van der Waals surface area (Å²) in [5.74, 6) is 0.465. The fraction of sp³-hybridized carbons (Fsp3) is 0.500. The van der Waals surface area contributed by atoms with Crippen molar-refractivity contribution in [3.8, 4) is 5.75 Å². The van der Waals surface area contributed by atoms with E-state index in [0.717, 1.165) is 24.1 Å². The summed E-state index contributed by atoms with van der Waals surface area (Å²) in [5.41, 5.74) is 2.03. The van der Waals surface area contributed by atoms with Crippen molar-refractivity contribution < 1.29 is 5.11 Å². The number of halogens is 1. The van der Waals surface area contributed by atoms with Gasteiger partial charge in [-0.1, -0.05) is 24.6 Å². The van der Waals surface area contributed by atoms with Gasteiger partial charge in [-0.25, -0.2) is 0 Å². The van der Waals surface area contributed by atoms with Gasteiger partial charge < -0.3 is 10.4 Å². The van der Waals surface area contributed by atoms with Gasteiger partial charge in [0, 0.05) is 11.6 Å². The van der Waals surface area contributed by atoms with Crippen LogP contribution in [0.4, 0.5) is 0 Å². The first-order chi connectivity index (χ1) is 6.79. The average molecular weight is 228 g/mol. The van der Waals surface area contributed by atoms with Gasteiger partial charge in [0.15, 0.2) is 0 Å². The maximum absolute atomic E-state index is 9.91. The predicted molar refractivity (Wildman–Crippen MR) is 64.7 cm³/mol. The zero-order chi connectivity index (χ0) is 9.97. The Labute approximate surface area is 97.1 Å². The van der Waals surface area contributed by atoms with Gasteiger partial charge in [0.05, 0.1) is 0 Å². The molecule has 0 bridgehead atoms. The molecule has 2 rings (SSSR count). The van der Waals surface area contributed by atoms with E-state index in [1.54, 1.807) is 0 Å². The minimum Gasteiger partial charge on any atom is -0.507 e. The second-order valence-corrected chi connectivity index (χ2v) is 4.02. The summed E-state index contributed by atoms with van der Waals surface area (Å²) in [6.07, 6.45) is 3.64. The van der Waals surface area contributed by atoms with Crippen LogP contribution in [0, 0.1) is 6.92 Å². The second kappa shape index (κ2) is 5.38. The molecule has 1 aliphatic rings. The van der Waals surface area contributed by atoms with E-state index in [-0.39, 0.29) is 12.4 Å². The van der Waals surface area contributed by atoms with Crippen molar-refractivity contribution in [1.82, 2.24) is 5.32 Å². The van der Waals surface area contributed by atoms with Crippen molar-refractivity contribution >= 4 is 12.4 Å². The fourth-order valence-electron chi connectivity index (χ4n) is 2.08. The maximum Gasteiger partial charge on any atom is 0.123 e. The standard InChI is InChI=1S/C12H17NO.ClH/c1-9-5-4-6-10(12(9)14)11-7-2-3-8-13-11;/h4-6,11,13-14H,2-3,7-8H2,1H3;1H/t11-;/m0./s1. The maximum atomic E-state index is 9.91. The van der Waals surface area contributed by atoms with E-state index in [2.05, 4.69) is 5.32 Å². The van der Waals surface area contributed by atoms with Gasteiger partial charge in [0.2, 0.25) is 0 Å². The number of hydrogen-bond acceptors (Lipinski definition) is 2. The van der Waals surface area contributed by atoms with Crippen LogP contribution in [-0.2, 0) is 0 Å². The molecule has 1 aliphatic heterocycles. The molecule has 0 amide bonds. The molecule has 0 aliphatic carbocycles. The first-order valence-corrected chi connectivity index (χ1v) is 5.31. The van der Waals surface area contributed by atoms with Gasteiger partial charge in [-0.15, -0.1) is 12.4 Å². The van der Waals surface area contributed by atoms with Crippen LogP contribution >= 0.6 is 12.4 Å². The SMILES string of the molecule is Cc1cccc([C@@H]2CCCCN2)c1O.Cl. The van der Waals surface area contributed by atoms with Crippen molar-refractivity contribution in [3.05, 3.63) is 29.3 Å². The van der Waals surface area contributed by atoms with Crippen LogP contribution in [0.3, 0.4) is 0 Å². The molecule has 1 heterocycles. The zero-order valence-corrected chi connectivity index (χ0v) is 9.81. The molecule has 2 N–H and O–H groups in total. The number of rotatable bonds is 1. The molecule has 1 fully saturated rings. The van der Waals surface area contributed by atoms with Crippen LogP contribution in [0.25, 0.3) is 0 Å². The van der Waals surface area contributed by atoms with E-state index < -0.39 is 0 Å². The Bertz CT molecular complexity index is 321. The monoisotopic (exact) mass is 227 g/mol. The Morgan fingerprint density at radius 2 is 2.13 bits per heavy atom. The molecule has 0 radical (unpaired) electrons. The van der Waals surface area contributed by atoms with Gasteiger partial charge in [-0.2, -0.15) is 0 Å². The van der Waals surface area contributed by atoms with Gasteiger partial charge in [0.1, 0.15) is 5.75 Å². The predicted octanol–water partition coefficient (Wildman–Crippen LogP) is 2.94. The van der Waals surface area contributed by atoms with Gasteiger partial charge >= 0.3 is 0 Å². The molecule has 0 aromatic heterocycles. The van der Waals surface area contributed by atoms with Crippen molar-refractivity contribution in [2.45, 2.75) is 32.2 Å². The number of para-hydroxylation sites is 1. The Balaban J connectivity index is 0.00000112.